The molecule has 0 amide bonds. The van der Waals surface area contributed by atoms with Crippen molar-refractivity contribution in [1.29, 1.82) is 0 Å². The molecule has 16 heavy (non-hydrogen) atoms. The van der Waals surface area contributed by atoms with Gasteiger partial charge in [0.25, 0.3) is 0 Å². The van der Waals surface area contributed by atoms with Gasteiger partial charge in [0.2, 0.25) is 0 Å². The van der Waals surface area contributed by atoms with Gasteiger partial charge in [0.15, 0.2) is 0 Å². The van der Waals surface area contributed by atoms with Crippen LogP contribution >= 0.6 is 0 Å². The zero-order valence-corrected chi connectivity index (χ0v) is 9.02. The minimum atomic E-state index is -0.993. The molecule has 0 aliphatic rings. The summed E-state index contributed by atoms with van der Waals surface area (Å²) in [5.74, 6) is -0.452. The molecule has 2 rings (SSSR count). The summed E-state index contributed by atoms with van der Waals surface area (Å²) >= 11 is 0. The Bertz CT molecular complexity index is 531. The molecule has 0 aliphatic carbocycles. The number of ether oxygens (including phenoxy) is 1. The van der Waals surface area contributed by atoms with Crippen molar-refractivity contribution in [3.05, 3.63) is 24.0 Å². The Balaban J connectivity index is 2.63. The average molecular weight is 220 g/mol. The van der Waals surface area contributed by atoms with E-state index >= 15 is 0 Å². The van der Waals surface area contributed by atoms with Crippen LogP contribution in [0.5, 0.6) is 5.75 Å². The number of carboxylic acids is 1. The standard InChI is InChI=1S/C11H12N2O3/c1-6(2)16-8-3-4-12-10-9(8)7(5-13-10)11(14)15/h3-6H,1-2H3,(H,12,13)(H,14,15). The first-order valence-corrected chi connectivity index (χ1v) is 4.95. The van der Waals surface area contributed by atoms with Gasteiger partial charge in [-0.15, -0.1) is 0 Å². The van der Waals surface area contributed by atoms with Crippen LogP contribution in [-0.2, 0) is 0 Å². The first-order chi connectivity index (χ1) is 7.59. The van der Waals surface area contributed by atoms with Crippen molar-refractivity contribution in [1.82, 2.24) is 9.97 Å². The lowest BCUT2D eigenvalue weighted by molar-refractivity contribution is 0.0698. The van der Waals surface area contributed by atoms with Crippen LogP contribution < -0.4 is 4.74 Å². The fourth-order valence-corrected chi connectivity index (χ4v) is 1.55. The summed E-state index contributed by atoms with van der Waals surface area (Å²) in [5, 5.41) is 9.54. The maximum Gasteiger partial charge on any atom is 0.338 e. The number of hydrogen-bond acceptors (Lipinski definition) is 3. The van der Waals surface area contributed by atoms with Crippen LogP contribution in [0.4, 0.5) is 0 Å². The van der Waals surface area contributed by atoms with E-state index in [0.717, 1.165) is 0 Å². The molecule has 5 nitrogen and oxygen atoms in total. The van der Waals surface area contributed by atoms with E-state index in [1.54, 1.807) is 12.3 Å². The lowest BCUT2D eigenvalue weighted by atomic mass is 10.2. The highest BCUT2D eigenvalue weighted by Crippen LogP contribution is 2.27. The topological polar surface area (TPSA) is 75.2 Å². The second-order valence-corrected chi connectivity index (χ2v) is 3.71. The second-order valence-electron chi connectivity index (χ2n) is 3.71. The first-order valence-electron chi connectivity index (χ1n) is 4.95. The number of nitrogens with zero attached hydrogens (tertiary/aromatic N) is 1. The lowest BCUT2D eigenvalue weighted by Gasteiger charge is -2.10. The Morgan fingerprint density at radius 3 is 2.94 bits per heavy atom. The third-order valence-corrected chi connectivity index (χ3v) is 2.13. The number of pyridine rings is 1. The fourth-order valence-electron chi connectivity index (χ4n) is 1.55. The van der Waals surface area contributed by atoms with Crippen LogP contribution in [0.2, 0.25) is 0 Å². The van der Waals surface area contributed by atoms with Gasteiger partial charge in [0, 0.05) is 12.4 Å². The number of H-pyrrole nitrogens is 1. The normalized spacial score (nSPS) is 10.9. The highest BCUT2D eigenvalue weighted by Gasteiger charge is 2.16. The molecule has 0 aromatic carbocycles. The van der Waals surface area contributed by atoms with Gasteiger partial charge < -0.3 is 14.8 Å². The molecule has 0 saturated heterocycles. The van der Waals surface area contributed by atoms with Crippen LogP contribution in [0.25, 0.3) is 11.0 Å². The van der Waals surface area contributed by atoms with E-state index in [1.807, 2.05) is 13.8 Å². The minimum absolute atomic E-state index is 0.0119. The SMILES string of the molecule is CC(C)Oc1ccnc2[nH]cc(C(=O)O)c12. The predicted octanol–water partition coefficient (Wildman–Crippen LogP) is 2.05. The summed E-state index contributed by atoms with van der Waals surface area (Å²) in [5.41, 5.74) is 0.703. The maximum absolute atomic E-state index is 11.0. The summed E-state index contributed by atoms with van der Waals surface area (Å²) in [6, 6.07) is 1.67. The lowest BCUT2D eigenvalue weighted by Crippen LogP contribution is -2.06. The Kier molecular flexibility index (Phi) is 2.52. The van der Waals surface area contributed by atoms with Crippen LogP contribution in [-0.4, -0.2) is 27.1 Å². The zero-order chi connectivity index (χ0) is 11.7. The monoisotopic (exact) mass is 220 g/mol. The Labute approximate surface area is 92.1 Å². The highest BCUT2D eigenvalue weighted by atomic mass is 16.5. The molecule has 0 aliphatic heterocycles. The van der Waals surface area contributed by atoms with Crippen molar-refractivity contribution < 1.29 is 14.6 Å². The van der Waals surface area contributed by atoms with Gasteiger partial charge in [0.05, 0.1) is 17.1 Å². The van der Waals surface area contributed by atoms with E-state index in [9.17, 15) is 4.79 Å². The van der Waals surface area contributed by atoms with Gasteiger partial charge in [-0.1, -0.05) is 0 Å². The third kappa shape index (κ3) is 1.71. The maximum atomic E-state index is 11.0. The van der Waals surface area contributed by atoms with Crippen molar-refractivity contribution in [3.63, 3.8) is 0 Å². The Morgan fingerprint density at radius 1 is 1.56 bits per heavy atom. The van der Waals surface area contributed by atoms with Crippen LogP contribution in [0.15, 0.2) is 18.5 Å². The molecule has 0 saturated carbocycles. The zero-order valence-electron chi connectivity index (χ0n) is 9.02. The number of aromatic nitrogens is 2. The highest BCUT2D eigenvalue weighted by molar-refractivity contribution is 6.04. The van der Waals surface area contributed by atoms with Gasteiger partial charge in [-0.25, -0.2) is 9.78 Å². The molecule has 2 aromatic heterocycles. The Hall–Kier alpha value is -2.04. The smallest absolute Gasteiger partial charge is 0.338 e. The molecule has 84 valence electrons. The predicted molar refractivity (Wildman–Crippen MR) is 58.8 cm³/mol. The molecule has 0 atom stereocenters. The number of aromatic carboxylic acids is 1. The van der Waals surface area contributed by atoms with Crippen molar-refractivity contribution in [3.8, 4) is 5.75 Å². The van der Waals surface area contributed by atoms with E-state index in [1.165, 1.54) is 6.20 Å². The third-order valence-electron chi connectivity index (χ3n) is 2.13. The van der Waals surface area contributed by atoms with Gasteiger partial charge in [-0.2, -0.15) is 0 Å². The molecule has 0 fully saturated rings. The largest absolute Gasteiger partial charge is 0.490 e. The Morgan fingerprint density at radius 2 is 2.31 bits per heavy atom. The van der Waals surface area contributed by atoms with Gasteiger partial charge >= 0.3 is 5.97 Å². The van der Waals surface area contributed by atoms with E-state index < -0.39 is 5.97 Å². The molecule has 0 spiro atoms. The van der Waals surface area contributed by atoms with Gasteiger partial charge in [0.1, 0.15) is 11.4 Å². The molecular weight excluding hydrogens is 208 g/mol. The van der Waals surface area contributed by atoms with Gasteiger partial charge in [-0.3, -0.25) is 0 Å². The van der Waals surface area contributed by atoms with E-state index in [-0.39, 0.29) is 11.7 Å². The quantitative estimate of drug-likeness (QED) is 0.830. The summed E-state index contributed by atoms with van der Waals surface area (Å²) in [4.78, 5) is 17.9. The molecule has 2 heterocycles. The molecular formula is C11H12N2O3. The minimum Gasteiger partial charge on any atom is -0.490 e. The van der Waals surface area contributed by atoms with Crippen molar-refractivity contribution in [2.24, 2.45) is 0 Å². The fraction of sp³-hybridized carbons (Fsp3) is 0.273. The number of rotatable bonds is 3. The molecule has 0 bridgehead atoms. The number of carboxylic acid groups (broad SMARTS) is 1. The number of nitrogens with one attached hydrogen (secondary N) is 1. The average Bonchev–Trinajstić information content (AvgIpc) is 2.61. The number of carbonyl (C=O) groups is 1. The summed E-state index contributed by atoms with van der Waals surface area (Å²) in [7, 11) is 0. The summed E-state index contributed by atoms with van der Waals surface area (Å²) in [6.45, 7) is 3.78. The van der Waals surface area contributed by atoms with E-state index in [4.69, 9.17) is 9.84 Å². The molecule has 2 aromatic rings. The van der Waals surface area contributed by atoms with Crippen molar-refractivity contribution in [2.75, 3.05) is 0 Å². The number of hydrogen-bond donors (Lipinski definition) is 2. The van der Waals surface area contributed by atoms with E-state index in [0.29, 0.717) is 16.8 Å². The summed E-state index contributed by atoms with van der Waals surface area (Å²) < 4.78 is 5.55. The number of aromatic amines is 1. The molecule has 5 heteroatoms. The molecule has 2 N–H and O–H groups in total. The second kappa shape index (κ2) is 3.84. The van der Waals surface area contributed by atoms with Crippen LogP contribution in [0.1, 0.15) is 24.2 Å². The van der Waals surface area contributed by atoms with Crippen molar-refractivity contribution in [2.45, 2.75) is 20.0 Å². The molecule has 0 unspecified atom stereocenters. The van der Waals surface area contributed by atoms with Gasteiger partial charge in [-0.05, 0) is 19.9 Å². The number of fused-ring (bicyclic) bond motifs is 1. The van der Waals surface area contributed by atoms with E-state index in [2.05, 4.69) is 9.97 Å². The van der Waals surface area contributed by atoms with Crippen LogP contribution in [0.3, 0.4) is 0 Å². The molecule has 0 radical (unpaired) electrons. The first kappa shape index (κ1) is 10.5. The van der Waals surface area contributed by atoms with Crippen molar-refractivity contribution >= 4 is 17.0 Å². The van der Waals surface area contributed by atoms with Crippen LogP contribution in [0, 0.1) is 0 Å². The summed E-state index contributed by atoms with van der Waals surface area (Å²) in [6.07, 6.45) is 3.00.